The van der Waals surface area contributed by atoms with Gasteiger partial charge in [0.15, 0.2) is 11.5 Å². The maximum atomic E-state index is 8.87. The van der Waals surface area contributed by atoms with Crippen molar-refractivity contribution in [1.29, 1.82) is 5.26 Å². The third-order valence-electron chi connectivity index (χ3n) is 2.51. The lowest BCUT2D eigenvalue weighted by Crippen LogP contribution is -2.21. The highest BCUT2D eigenvalue weighted by Gasteiger charge is 2.22. The quantitative estimate of drug-likeness (QED) is 0.664. The van der Waals surface area contributed by atoms with Crippen LogP contribution in [0.2, 0.25) is 0 Å². The van der Waals surface area contributed by atoms with E-state index in [0.29, 0.717) is 11.6 Å². The molecule has 0 aromatic carbocycles. The molecule has 0 bridgehead atoms. The molecule has 0 saturated carbocycles. The van der Waals surface area contributed by atoms with E-state index in [0.717, 1.165) is 18.9 Å². The fourth-order valence-electron chi connectivity index (χ4n) is 1.77. The van der Waals surface area contributed by atoms with E-state index in [1.54, 1.807) is 12.4 Å². The Morgan fingerprint density at radius 2 is 2.29 bits per heavy atom. The third-order valence-corrected chi connectivity index (χ3v) is 2.51. The van der Waals surface area contributed by atoms with Gasteiger partial charge in [-0.15, -0.1) is 0 Å². The molecule has 1 aromatic heterocycles. The molecule has 1 aliphatic heterocycles. The monoisotopic (exact) mass is 188 g/mol. The van der Waals surface area contributed by atoms with E-state index < -0.39 is 0 Å². The number of nitriles is 1. The molecule has 0 amide bonds. The lowest BCUT2D eigenvalue weighted by atomic mass is 10.2. The first-order valence-electron chi connectivity index (χ1n) is 4.77. The Morgan fingerprint density at radius 1 is 1.50 bits per heavy atom. The van der Waals surface area contributed by atoms with Gasteiger partial charge in [-0.25, -0.2) is 9.97 Å². The molecule has 1 atom stereocenters. The molecule has 1 unspecified atom stereocenters. The summed E-state index contributed by atoms with van der Waals surface area (Å²) in [5, 5.41) is 8.87. The van der Waals surface area contributed by atoms with Crippen molar-refractivity contribution < 1.29 is 0 Å². The van der Waals surface area contributed by atoms with Crippen LogP contribution in [0.15, 0.2) is 12.4 Å². The predicted octanol–water partition coefficient (Wildman–Crippen LogP) is 1.19. The van der Waals surface area contributed by atoms with Gasteiger partial charge in [0.2, 0.25) is 0 Å². The molecule has 14 heavy (non-hydrogen) atoms. The Bertz CT molecular complexity index is 369. The summed E-state index contributed by atoms with van der Waals surface area (Å²) in [6.07, 6.45) is 4.36. The Hall–Kier alpha value is -1.63. The van der Waals surface area contributed by atoms with Crippen molar-refractivity contribution in [3.8, 4) is 6.07 Å². The molecule has 1 aliphatic rings. The number of aromatic nitrogens is 2. The topological polar surface area (TPSA) is 52.8 Å². The minimum atomic E-state index is 0.432. The molecule has 4 heteroatoms. The maximum Gasteiger partial charge on any atom is 0.183 e. The van der Waals surface area contributed by atoms with Crippen molar-refractivity contribution in [2.24, 2.45) is 5.92 Å². The molecular weight excluding hydrogens is 176 g/mol. The fraction of sp³-hybridized carbons (Fsp3) is 0.500. The average Bonchev–Trinajstić information content (AvgIpc) is 2.65. The summed E-state index contributed by atoms with van der Waals surface area (Å²) in [5.41, 5.74) is 0.432. The summed E-state index contributed by atoms with van der Waals surface area (Å²) in [6, 6.07) is 2.07. The standard InChI is InChI=1S/C10H12N4/c1-8-2-5-14(7-8)10-9(6-11)12-3-4-13-10/h3-4,8H,2,5,7H2,1H3. The minimum Gasteiger partial charge on any atom is -0.354 e. The van der Waals surface area contributed by atoms with Crippen LogP contribution in [0.3, 0.4) is 0 Å². The molecule has 0 aliphatic carbocycles. The molecule has 2 heterocycles. The molecule has 72 valence electrons. The van der Waals surface area contributed by atoms with Crippen LogP contribution < -0.4 is 4.90 Å². The van der Waals surface area contributed by atoms with Crippen LogP contribution in [-0.2, 0) is 0 Å². The first-order chi connectivity index (χ1) is 6.81. The van der Waals surface area contributed by atoms with Crippen molar-refractivity contribution in [2.75, 3.05) is 18.0 Å². The van der Waals surface area contributed by atoms with Crippen LogP contribution in [0.25, 0.3) is 0 Å². The fourth-order valence-corrected chi connectivity index (χ4v) is 1.77. The molecule has 1 saturated heterocycles. The predicted molar refractivity (Wildman–Crippen MR) is 52.7 cm³/mol. The van der Waals surface area contributed by atoms with Crippen LogP contribution in [-0.4, -0.2) is 23.1 Å². The average molecular weight is 188 g/mol. The van der Waals surface area contributed by atoms with Crippen LogP contribution in [0.5, 0.6) is 0 Å². The summed E-state index contributed by atoms with van der Waals surface area (Å²) in [6.45, 7) is 4.17. The van der Waals surface area contributed by atoms with Crippen molar-refractivity contribution in [3.05, 3.63) is 18.1 Å². The largest absolute Gasteiger partial charge is 0.354 e. The highest BCUT2D eigenvalue weighted by Crippen LogP contribution is 2.22. The van der Waals surface area contributed by atoms with Gasteiger partial charge in [-0.05, 0) is 12.3 Å². The zero-order chi connectivity index (χ0) is 9.97. The van der Waals surface area contributed by atoms with E-state index in [2.05, 4.69) is 27.9 Å². The van der Waals surface area contributed by atoms with E-state index in [1.165, 1.54) is 6.42 Å². The zero-order valence-electron chi connectivity index (χ0n) is 8.14. The van der Waals surface area contributed by atoms with E-state index >= 15 is 0 Å². The van der Waals surface area contributed by atoms with Crippen LogP contribution in [0.1, 0.15) is 19.0 Å². The van der Waals surface area contributed by atoms with E-state index in [1.807, 2.05) is 0 Å². The number of hydrogen-bond donors (Lipinski definition) is 0. The van der Waals surface area contributed by atoms with Crippen molar-refractivity contribution in [3.63, 3.8) is 0 Å². The summed E-state index contributed by atoms with van der Waals surface area (Å²) >= 11 is 0. The number of hydrogen-bond acceptors (Lipinski definition) is 4. The molecular formula is C10H12N4. The van der Waals surface area contributed by atoms with E-state index in [-0.39, 0.29) is 0 Å². The van der Waals surface area contributed by atoms with Gasteiger partial charge < -0.3 is 4.90 Å². The van der Waals surface area contributed by atoms with Crippen molar-refractivity contribution in [1.82, 2.24) is 9.97 Å². The molecule has 0 N–H and O–H groups in total. The van der Waals surface area contributed by atoms with Gasteiger partial charge in [0, 0.05) is 25.5 Å². The van der Waals surface area contributed by atoms with Crippen LogP contribution in [0.4, 0.5) is 5.82 Å². The Balaban J connectivity index is 2.28. The van der Waals surface area contributed by atoms with Gasteiger partial charge in [0.05, 0.1) is 0 Å². The molecule has 2 rings (SSSR count). The van der Waals surface area contributed by atoms with Crippen molar-refractivity contribution >= 4 is 5.82 Å². The first-order valence-corrected chi connectivity index (χ1v) is 4.77. The second-order valence-corrected chi connectivity index (χ2v) is 3.68. The summed E-state index contributed by atoms with van der Waals surface area (Å²) in [7, 11) is 0. The summed E-state index contributed by atoms with van der Waals surface area (Å²) < 4.78 is 0. The number of anilines is 1. The second-order valence-electron chi connectivity index (χ2n) is 3.68. The lowest BCUT2D eigenvalue weighted by molar-refractivity contribution is 0.658. The molecule has 1 aromatic rings. The number of rotatable bonds is 1. The van der Waals surface area contributed by atoms with Gasteiger partial charge in [0.1, 0.15) is 6.07 Å². The molecule has 0 radical (unpaired) electrons. The molecule has 1 fully saturated rings. The van der Waals surface area contributed by atoms with Gasteiger partial charge in [-0.1, -0.05) is 6.92 Å². The van der Waals surface area contributed by atoms with Crippen LogP contribution in [0, 0.1) is 17.2 Å². The highest BCUT2D eigenvalue weighted by atomic mass is 15.2. The molecule has 0 spiro atoms. The Labute approximate surface area is 83.2 Å². The minimum absolute atomic E-state index is 0.432. The third kappa shape index (κ3) is 1.53. The van der Waals surface area contributed by atoms with Gasteiger partial charge in [0.25, 0.3) is 0 Å². The SMILES string of the molecule is CC1CCN(c2nccnc2C#N)C1. The van der Waals surface area contributed by atoms with Gasteiger partial charge in [-0.2, -0.15) is 5.26 Å². The van der Waals surface area contributed by atoms with Crippen LogP contribution >= 0.6 is 0 Å². The highest BCUT2D eigenvalue weighted by molar-refractivity contribution is 5.50. The van der Waals surface area contributed by atoms with Gasteiger partial charge in [-0.3, -0.25) is 0 Å². The van der Waals surface area contributed by atoms with Gasteiger partial charge >= 0.3 is 0 Å². The normalized spacial score (nSPS) is 20.9. The summed E-state index contributed by atoms with van der Waals surface area (Å²) in [5.74, 6) is 1.42. The first kappa shape index (κ1) is 8.95. The second kappa shape index (κ2) is 3.62. The zero-order valence-corrected chi connectivity index (χ0v) is 8.14. The smallest absolute Gasteiger partial charge is 0.183 e. The van der Waals surface area contributed by atoms with E-state index in [4.69, 9.17) is 5.26 Å². The Kier molecular flexibility index (Phi) is 2.32. The lowest BCUT2D eigenvalue weighted by Gasteiger charge is -2.16. The number of nitrogens with zero attached hydrogens (tertiary/aromatic N) is 4. The van der Waals surface area contributed by atoms with Crippen molar-refractivity contribution in [2.45, 2.75) is 13.3 Å². The molecule has 4 nitrogen and oxygen atoms in total. The van der Waals surface area contributed by atoms with E-state index in [9.17, 15) is 0 Å². The Morgan fingerprint density at radius 3 is 2.93 bits per heavy atom. The summed E-state index contributed by atoms with van der Waals surface area (Å²) in [4.78, 5) is 10.3. The maximum absolute atomic E-state index is 8.87.